The molecule has 6 nitrogen and oxygen atoms in total. The van der Waals surface area contributed by atoms with Gasteiger partial charge < -0.3 is 15.2 Å². The van der Waals surface area contributed by atoms with Crippen LogP contribution < -0.4 is 5.32 Å². The molecule has 0 heterocycles. The monoisotopic (exact) mass is 263 g/mol. The van der Waals surface area contributed by atoms with Crippen molar-refractivity contribution in [2.24, 2.45) is 0 Å². The number of amides is 1. The number of aliphatic carboxylic acids is 1. The molecule has 0 aromatic heterocycles. The molecule has 0 fully saturated rings. The molecule has 0 aliphatic rings. The standard InChI is InChI=1S/C13H13NO5/c1-19-12(17)8-10(7-11(15)16)14-13(18)9-5-3-2-4-6-9/h2-7H,8H2,1H3,(H,14,18)(H,15,16)/b10-7-. The lowest BCUT2D eigenvalue weighted by Gasteiger charge is -2.08. The average Bonchev–Trinajstić information content (AvgIpc) is 2.38. The number of benzene rings is 1. The molecule has 19 heavy (non-hydrogen) atoms. The van der Waals surface area contributed by atoms with Crippen molar-refractivity contribution in [1.82, 2.24) is 5.32 Å². The van der Waals surface area contributed by atoms with Crippen molar-refractivity contribution in [3.8, 4) is 0 Å². The van der Waals surface area contributed by atoms with Gasteiger partial charge in [0.15, 0.2) is 0 Å². The molecule has 1 aromatic rings. The second kappa shape index (κ2) is 6.95. The first-order valence-corrected chi connectivity index (χ1v) is 5.39. The maximum atomic E-state index is 11.8. The quantitative estimate of drug-likeness (QED) is 0.609. The van der Waals surface area contributed by atoms with E-state index >= 15 is 0 Å². The van der Waals surface area contributed by atoms with Gasteiger partial charge in [0, 0.05) is 17.3 Å². The van der Waals surface area contributed by atoms with Crippen LogP contribution in [0.3, 0.4) is 0 Å². The number of esters is 1. The van der Waals surface area contributed by atoms with Crippen molar-refractivity contribution in [2.45, 2.75) is 6.42 Å². The molecule has 0 unspecified atom stereocenters. The number of carboxylic acids is 1. The van der Waals surface area contributed by atoms with Crippen LogP contribution in [0.15, 0.2) is 42.1 Å². The minimum absolute atomic E-state index is 0.0341. The van der Waals surface area contributed by atoms with Gasteiger partial charge in [0.2, 0.25) is 0 Å². The van der Waals surface area contributed by atoms with Crippen LogP contribution in [-0.4, -0.2) is 30.1 Å². The van der Waals surface area contributed by atoms with Crippen molar-refractivity contribution in [1.29, 1.82) is 0 Å². The summed E-state index contributed by atoms with van der Waals surface area (Å²) in [4.78, 5) is 33.5. The topological polar surface area (TPSA) is 92.7 Å². The molecule has 0 radical (unpaired) electrons. The average molecular weight is 263 g/mol. The molecule has 100 valence electrons. The van der Waals surface area contributed by atoms with Gasteiger partial charge in [-0.05, 0) is 12.1 Å². The van der Waals surface area contributed by atoms with E-state index in [0.29, 0.717) is 5.56 Å². The Bertz CT molecular complexity index is 507. The lowest BCUT2D eigenvalue weighted by molar-refractivity contribution is -0.139. The van der Waals surface area contributed by atoms with Crippen LogP contribution in [0.4, 0.5) is 0 Å². The second-order valence-corrected chi connectivity index (χ2v) is 3.58. The third kappa shape index (κ3) is 5.03. The number of hydrogen-bond acceptors (Lipinski definition) is 4. The molecule has 0 aliphatic heterocycles. The van der Waals surface area contributed by atoms with Crippen LogP contribution in [0, 0.1) is 0 Å². The molecule has 0 saturated carbocycles. The van der Waals surface area contributed by atoms with Crippen LogP contribution in [0.25, 0.3) is 0 Å². The molecule has 1 amide bonds. The van der Waals surface area contributed by atoms with Gasteiger partial charge in [-0.2, -0.15) is 0 Å². The minimum atomic E-state index is -1.26. The first kappa shape index (κ1) is 14.4. The van der Waals surface area contributed by atoms with Crippen LogP contribution in [0.2, 0.25) is 0 Å². The Labute approximate surface area is 109 Å². The minimum Gasteiger partial charge on any atom is -0.478 e. The fourth-order valence-corrected chi connectivity index (χ4v) is 1.32. The first-order valence-electron chi connectivity index (χ1n) is 5.39. The summed E-state index contributed by atoms with van der Waals surface area (Å²) in [7, 11) is 1.18. The Kier molecular flexibility index (Phi) is 5.28. The summed E-state index contributed by atoms with van der Waals surface area (Å²) in [5.74, 6) is -2.38. The summed E-state index contributed by atoms with van der Waals surface area (Å²) in [5.41, 5.74) is 0.330. The zero-order chi connectivity index (χ0) is 14.3. The van der Waals surface area contributed by atoms with Gasteiger partial charge in [-0.15, -0.1) is 0 Å². The number of nitrogens with one attached hydrogen (secondary N) is 1. The lowest BCUT2D eigenvalue weighted by atomic mass is 10.2. The normalized spacial score (nSPS) is 10.7. The van der Waals surface area contributed by atoms with Gasteiger partial charge in [-0.1, -0.05) is 18.2 Å². The van der Waals surface area contributed by atoms with E-state index in [2.05, 4.69) is 10.1 Å². The van der Waals surface area contributed by atoms with Gasteiger partial charge in [0.25, 0.3) is 5.91 Å². The summed E-state index contributed by atoms with van der Waals surface area (Å²) in [6.45, 7) is 0. The molecule has 0 saturated heterocycles. The van der Waals surface area contributed by atoms with E-state index in [1.54, 1.807) is 30.3 Å². The van der Waals surface area contributed by atoms with Gasteiger partial charge in [0.1, 0.15) is 0 Å². The number of methoxy groups -OCH3 is 1. The van der Waals surface area contributed by atoms with E-state index in [1.807, 2.05) is 0 Å². The molecule has 0 aliphatic carbocycles. The first-order chi connectivity index (χ1) is 9.02. The molecule has 2 N–H and O–H groups in total. The fourth-order valence-electron chi connectivity index (χ4n) is 1.32. The number of rotatable bonds is 5. The third-order valence-electron chi connectivity index (χ3n) is 2.17. The van der Waals surface area contributed by atoms with E-state index in [-0.39, 0.29) is 12.1 Å². The van der Waals surface area contributed by atoms with E-state index in [1.165, 1.54) is 7.11 Å². The number of carbonyl (C=O) groups is 3. The maximum Gasteiger partial charge on any atom is 0.330 e. The smallest absolute Gasteiger partial charge is 0.330 e. The Morgan fingerprint density at radius 2 is 1.89 bits per heavy atom. The van der Waals surface area contributed by atoms with Gasteiger partial charge >= 0.3 is 11.9 Å². The lowest BCUT2D eigenvalue weighted by Crippen LogP contribution is -2.25. The third-order valence-corrected chi connectivity index (χ3v) is 2.17. The van der Waals surface area contributed by atoms with E-state index < -0.39 is 17.8 Å². The van der Waals surface area contributed by atoms with Crippen LogP contribution >= 0.6 is 0 Å². The van der Waals surface area contributed by atoms with Crippen LogP contribution in [0.5, 0.6) is 0 Å². The van der Waals surface area contributed by atoms with Crippen molar-refractivity contribution < 1.29 is 24.2 Å². The van der Waals surface area contributed by atoms with Crippen LogP contribution in [-0.2, 0) is 14.3 Å². The molecule has 0 atom stereocenters. The zero-order valence-electron chi connectivity index (χ0n) is 10.3. The largest absolute Gasteiger partial charge is 0.478 e. The van der Waals surface area contributed by atoms with Crippen LogP contribution in [0.1, 0.15) is 16.8 Å². The number of ether oxygens (including phenoxy) is 1. The molecule has 1 rings (SSSR count). The predicted molar refractivity (Wildman–Crippen MR) is 66.3 cm³/mol. The fraction of sp³-hybridized carbons (Fsp3) is 0.154. The van der Waals surface area contributed by atoms with E-state index in [4.69, 9.17) is 5.11 Å². The summed E-state index contributed by atoms with van der Waals surface area (Å²) in [5, 5.41) is 11.0. The summed E-state index contributed by atoms with van der Waals surface area (Å²) in [6.07, 6.45) is 0.444. The summed E-state index contributed by atoms with van der Waals surface area (Å²) < 4.78 is 4.43. The van der Waals surface area contributed by atoms with E-state index in [0.717, 1.165) is 6.08 Å². The Morgan fingerprint density at radius 3 is 2.42 bits per heavy atom. The highest BCUT2D eigenvalue weighted by molar-refractivity contribution is 5.96. The summed E-state index contributed by atoms with van der Waals surface area (Å²) in [6, 6.07) is 8.25. The SMILES string of the molecule is COC(=O)C/C(=C/C(=O)O)NC(=O)c1ccccc1. The van der Waals surface area contributed by atoms with Crippen molar-refractivity contribution in [3.63, 3.8) is 0 Å². The zero-order valence-corrected chi connectivity index (χ0v) is 10.3. The van der Waals surface area contributed by atoms with Crippen molar-refractivity contribution in [3.05, 3.63) is 47.7 Å². The maximum absolute atomic E-state index is 11.8. The van der Waals surface area contributed by atoms with Crippen molar-refractivity contribution in [2.75, 3.05) is 7.11 Å². The Morgan fingerprint density at radius 1 is 1.26 bits per heavy atom. The highest BCUT2D eigenvalue weighted by Gasteiger charge is 2.12. The van der Waals surface area contributed by atoms with Crippen molar-refractivity contribution >= 4 is 17.8 Å². The molecule has 1 aromatic carbocycles. The second-order valence-electron chi connectivity index (χ2n) is 3.58. The number of carbonyl (C=O) groups excluding carboxylic acids is 2. The Balaban J connectivity index is 2.81. The molecular formula is C13H13NO5. The highest BCUT2D eigenvalue weighted by atomic mass is 16.5. The van der Waals surface area contributed by atoms with E-state index in [9.17, 15) is 14.4 Å². The molecule has 6 heteroatoms. The molecule has 0 bridgehead atoms. The number of carboxylic acid groups (broad SMARTS) is 1. The summed E-state index contributed by atoms with van der Waals surface area (Å²) >= 11 is 0. The predicted octanol–water partition coefficient (Wildman–Crippen LogP) is 0.948. The molecular weight excluding hydrogens is 250 g/mol. The van der Waals surface area contributed by atoms with Gasteiger partial charge in [-0.25, -0.2) is 4.79 Å². The highest BCUT2D eigenvalue weighted by Crippen LogP contribution is 2.03. The van der Waals surface area contributed by atoms with Gasteiger partial charge in [0.05, 0.1) is 13.5 Å². The number of hydrogen-bond donors (Lipinski definition) is 2. The molecule has 0 spiro atoms. The Hall–Kier alpha value is -2.63. The van der Waals surface area contributed by atoms with Gasteiger partial charge in [-0.3, -0.25) is 9.59 Å².